The van der Waals surface area contributed by atoms with Crippen LogP contribution in [0.25, 0.3) is 10.2 Å². The largest absolute Gasteiger partial charge is 0.405 e. The quantitative estimate of drug-likeness (QED) is 0.428. The van der Waals surface area contributed by atoms with E-state index < -0.39 is 12.7 Å². The Morgan fingerprint density at radius 3 is 2.72 bits per heavy atom. The van der Waals surface area contributed by atoms with Crippen molar-refractivity contribution in [1.82, 2.24) is 4.98 Å². The van der Waals surface area contributed by atoms with Crippen LogP contribution in [0.15, 0.2) is 40.6 Å². The lowest BCUT2D eigenvalue weighted by molar-refractivity contribution is -0.119. The lowest BCUT2D eigenvalue weighted by atomic mass is 10.0. The summed E-state index contributed by atoms with van der Waals surface area (Å²) in [6.07, 6.45) is -1.88. The van der Waals surface area contributed by atoms with Gasteiger partial charge in [-0.1, -0.05) is 17.4 Å². The van der Waals surface area contributed by atoms with E-state index in [0.717, 1.165) is 46.2 Å². The molecule has 29 heavy (non-hydrogen) atoms. The average molecular weight is 418 g/mol. The summed E-state index contributed by atoms with van der Waals surface area (Å²) in [5, 5.41) is 9.23. The molecule has 4 rings (SSSR count). The SMILES string of the molecule is Cc1ccc2nc(N=Nc3cc4c(cc3C)N(CC(F)(F)F)CCCC4)sc2c1. The molecule has 8 heteroatoms. The monoisotopic (exact) mass is 418 g/mol. The van der Waals surface area contributed by atoms with Gasteiger partial charge in [0.1, 0.15) is 6.54 Å². The van der Waals surface area contributed by atoms with Crippen LogP contribution in [0.3, 0.4) is 0 Å². The van der Waals surface area contributed by atoms with E-state index in [0.29, 0.717) is 23.1 Å². The van der Waals surface area contributed by atoms with Crippen LogP contribution in [0.5, 0.6) is 0 Å². The molecule has 0 N–H and O–H groups in total. The molecular weight excluding hydrogens is 397 g/mol. The van der Waals surface area contributed by atoms with Crippen molar-refractivity contribution in [3.05, 3.63) is 47.0 Å². The number of alkyl halides is 3. The molecule has 0 amide bonds. The number of hydrogen-bond donors (Lipinski definition) is 0. The standard InChI is InChI=1S/C21H21F3N4S/c1-13-6-7-16-19(9-13)29-20(25-16)27-26-17-11-15-5-3-4-8-28(12-21(22,23)24)18(15)10-14(17)2/h6-7,9-11H,3-5,8,12H2,1-2H3. The van der Waals surface area contributed by atoms with Crippen molar-refractivity contribution in [2.45, 2.75) is 39.3 Å². The molecule has 1 aliphatic heterocycles. The van der Waals surface area contributed by atoms with E-state index in [1.165, 1.54) is 16.2 Å². The van der Waals surface area contributed by atoms with E-state index in [4.69, 9.17) is 0 Å². The van der Waals surface area contributed by atoms with Crippen molar-refractivity contribution in [3.8, 4) is 0 Å². The van der Waals surface area contributed by atoms with Crippen LogP contribution in [0.2, 0.25) is 0 Å². The molecule has 1 aromatic heterocycles. The van der Waals surface area contributed by atoms with Crippen molar-refractivity contribution in [1.29, 1.82) is 0 Å². The number of anilines is 1. The highest BCUT2D eigenvalue weighted by Gasteiger charge is 2.32. The summed E-state index contributed by atoms with van der Waals surface area (Å²) in [6, 6.07) is 9.72. The van der Waals surface area contributed by atoms with Gasteiger partial charge in [-0.25, -0.2) is 4.98 Å². The van der Waals surface area contributed by atoms with Crippen molar-refractivity contribution in [2.75, 3.05) is 18.0 Å². The Hall–Kier alpha value is -2.48. The fourth-order valence-corrected chi connectivity index (χ4v) is 4.49. The topological polar surface area (TPSA) is 40.9 Å². The maximum absolute atomic E-state index is 13.0. The molecule has 4 nitrogen and oxygen atoms in total. The summed E-state index contributed by atoms with van der Waals surface area (Å²) in [6.45, 7) is 3.37. The predicted octanol–water partition coefficient (Wildman–Crippen LogP) is 7.03. The first-order valence-corrected chi connectivity index (χ1v) is 10.3. The van der Waals surface area contributed by atoms with Gasteiger partial charge in [0.25, 0.3) is 0 Å². The summed E-state index contributed by atoms with van der Waals surface area (Å²) in [5.41, 5.74) is 5.08. The fraction of sp³-hybridized carbons (Fsp3) is 0.381. The molecule has 0 saturated heterocycles. The van der Waals surface area contributed by atoms with Gasteiger partial charge in [0, 0.05) is 12.2 Å². The highest BCUT2D eigenvalue weighted by atomic mass is 32.1. The lowest BCUT2D eigenvalue weighted by Crippen LogP contribution is -2.34. The van der Waals surface area contributed by atoms with Crippen LogP contribution in [0.4, 0.5) is 29.7 Å². The molecular formula is C21H21F3N4S. The third-order valence-electron chi connectivity index (χ3n) is 5.01. The zero-order valence-corrected chi connectivity index (χ0v) is 17.1. The zero-order chi connectivity index (χ0) is 20.6. The Morgan fingerprint density at radius 1 is 1.10 bits per heavy atom. The van der Waals surface area contributed by atoms with E-state index in [1.807, 2.05) is 38.1 Å². The predicted molar refractivity (Wildman–Crippen MR) is 111 cm³/mol. The van der Waals surface area contributed by atoms with Crippen molar-refractivity contribution >= 4 is 38.1 Å². The van der Waals surface area contributed by atoms with Gasteiger partial charge in [0.05, 0.1) is 15.9 Å². The zero-order valence-electron chi connectivity index (χ0n) is 16.3. The fourth-order valence-electron chi connectivity index (χ4n) is 3.61. The Bertz CT molecular complexity index is 1070. The van der Waals surface area contributed by atoms with E-state index >= 15 is 0 Å². The molecule has 152 valence electrons. The first-order chi connectivity index (χ1) is 13.8. The number of nitrogens with zero attached hydrogens (tertiary/aromatic N) is 4. The van der Waals surface area contributed by atoms with Crippen LogP contribution in [0, 0.1) is 13.8 Å². The molecule has 2 aromatic carbocycles. The number of thiazole rings is 1. The van der Waals surface area contributed by atoms with Crippen LogP contribution >= 0.6 is 11.3 Å². The molecule has 0 radical (unpaired) electrons. The second kappa shape index (κ2) is 7.74. The minimum absolute atomic E-state index is 0.415. The van der Waals surface area contributed by atoms with Gasteiger partial charge in [-0.05, 0) is 74.1 Å². The average Bonchev–Trinajstić information content (AvgIpc) is 2.95. The van der Waals surface area contributed by atoms with Gasteiger partial charge in [-0.3, -0.25) is 0 Å². The normalized spacial score (nSPS) is 15.1. The molecule has 0 bridgehead atoms. The molecule has 0 spiro atoms. The third-order valence-corrected chi connectivity index (χ3v) is 5.91. The Balaban J connectivity index is 1.64. The number of halogens is 3. The molecule has 0 unspecified atom stereocenters. The maximum atomic E-state index is 13.0. The molecule has 0 atom stereocenters. The first kappa shape index (κ1) is 19.8. The Kier molecular flexibility index (Phi) is 5.29. The van der Waals surface area contributed by atoms with Gasteiger partial charge in [-0.15, -0.1) is 10.2 Å². The minimum Gasteiger partial charge on any atom is -0.362 e. The molecule has 0 fully saturated rings. The first-order valence-electron chi connectivity index (χ1n) is 9.53. The summed E-state index contributed by atoms with van der Waals surface area (Å²) >= 11 is 1.47. The number of aromatic nitrogens is 1. The van der Waals surface area contributed by atoms with Crippen molar-refractivity contribution < 1.29 is 13.2 Å². The number of aryl methyl sites for hydroxylation is 3. The number of fused-ring (bicyclic) bond motifs is 2. The second-order valence-corrected chi connectivity index (χ2v) is 8.44. The van der Waals surface area contributed by atoms with Gasteiger partial charge < -0.3 is 4.90 Å². The summed E-state index contributed by atoms with van der Waals surface area (Å²) in [7, 11) is 0. The van der Waals surface area contributed by atoms with Crippen molar-refractivity contribution in [2.24, 2.45) is 10.2 Å². The minimum atomic E-state index is -4.22. The van der Waals surface area contributed by atoms with Crippen LogP contribution in [0.1, 0.15) is 29.5 Å². The smallest absolute Gasteiger partial charge is 0.362 e. The number of hydrogen-bond acceptors (Lipinski definition) is 5. The van der Waals surface area contributed by atoms with E-state index in [9.17, 15) is 13.2 Å². The van der Waals surface area contributed by atoms with E-state index in [1.54, 1.807) is 0 Å². The van der Waals surface area contributed by atoms with E-state index in [-0.39, 0.29) is 0 Å². The molecule has 2 heterocycles. The van der Waals surface area contributed by atoms with Crippen molar-refractivity contribution in [3.63, 3.8) is 0 Å². The summed E-state index contributed by atoms with van der Waals surface area (Å²) in [4.78, 5) is 5.91. The third kappa shape index (κ3) is 4.58. The molecule has 1 aliphatic rings. The highest BCUT2D eigenvalue weighted by Crippen LogP contribution is 2.36. The molecule has 0 aliphatic carbocycles. The molecule has 0 saturated carbocycles. The number of benzene rings is 2. The van der Waals surface area contributed by atoms with Crippen LogP contribution in [-0.4, -0.2) is 24.2 Å². The number of azo groups is 1. The van der Waals surface area contributed by atoms with E-state index in [2.05, 4.69) is 21.3 Å². The summed E-state index contributed by atoms with van der Waals surface area (Å²) < 4.78 is 40.0. The van der Waals surface area contributed by atoms with Crippen LogP contribution in [-0.2, 0) is 6.42 Å². The Labute approximate surface area is 171 Å². The van der Waals surface area contributed by atoms with Gasteiger partial charge in [-0.2, -0.15) is 13.2 Å². The highest BCUT2D eigenvalue weighted by molar-refractivity contribution is 7.21. The maximum Gasteiger partial charge on any atom is 0.405 e. The Morgan fingerprint density at radius 2 is 1.93 bits per heavy atom. The van der Waals surface area contributed by atoms with Gasteiger partial charge in [0.2, 0.25) is 5.13 Å². The van der Waals surface area contributed by atoms with Crippen LogP contribution < -0.4 is 4.90 Å². The molecule has 3 aromatic rings. The van der Waals surface area contributed by atoms with Gasteiger partial charge >= 0.3 is 6.18 Å². The summed E-state index contributed by atoms with van der Waals surface area (Å²) in [5.74, 6) is 0. The van der Waals surface area contributed by atoms with Gasteiger partial charge in [0.15, 0.2) is 0 Å². The lowest BCUT2D eigenvalue weighted by Gasteiger charge is -2.26. The number of rotatable bonds is 3. The second-order valence-electron chi connectivity index (χ2n) is 7.43.